The molecule has 0 atom stereocenters. The normalized spacial score (nSPS) is 14.6. The van der Waals surface area contributed by atoms with E-state index in [0.717, 1.165) is 41.5 Å². The van der Waals surface area contributed by atoms with Gasteiger partial charge in [-0.1, -0.05) is 28.6 Å². The Morgan fingerprint density at radius 3 is 2.73 bits per heavy atom. The van der Waals surface area contributed by atoms with Crippen LogP contribution in [0.25, 0.3) is 21.5 Å². The highest BCUT2D eigenvalue weighted by atomic mass is 32.1. The highest BCUT2D eigenvalue weighted by Crippen LogP contribution is 2.29. The number of amides is 1. The van der Waals surface area contributed by atoms with Crippen molar-refractivity contribution < 1.29 is 9.32 Å². The number of carbonyl (C=O) groups excluding carboxylic acids is 1. The Hall–Kier alpha value is -3.20. The first kappa shape index (κ1) is 18.8. The number of aromatic nitrogens is 4. The number of carbonyl (C=O) groups is 1. The Bertz CT molecular complexity index is 1170. The van der Waals surface area contributed by atoms with E-state index < -0.39 is 0 Å². The van der Waals surface area contributed by atoms with Gasteiger partial charge < -0.3 is 14.3 Å². The highest BCUT2D eigenvalue weighted by molar-refractivity contribution is 7.22. The van der Waals surface area contributed by atoms with Crippen molar-refractivity contribution >= 4 is 32.6 Å². The Kier molecular flexibility index (Phi) is 4.74. The van der Waals surface area contributed by atoms with Gasteiger partial charge in [-0.25, -0.2) is 4.98 Å². The maximum Gasteiger partial charge on any atom is 0.292 e. The predicted octanol–water partition coefficient (Wildman–Crippen LogP) is 3.44. The number of nitrogens with zero attached hydrogens (tertiary/aromatic N) is 6. The predicted molar refractivity (Wildman–Crippen MR) is 116 cm³/mol. The quantitative estimate of drug-likeness (QED) is 0.501. The molecule has 0 spiro atoms. The van der Waals surface area contributed by atoms with E-state index in [4.69, 9.17) is 9.51 Å². The van der Waals surface area contributed by atoms with Crippen LogP contribution in [0.5, 0.6) is 0 Å². The SMILES string of the molecule is CCn1ncc(-c2cc(C(=O)N3CCN(c4nc5ccccc5s4)CC3)on2)c1C. The second kappa shape index (κ2) is 7.56. The van der Waals surface area contributed by atoms with Crippen LogP contribution in [0.3, 0.4) is 0 Å². The molecule has 3 aromatic heterocycles. The number of thiazole rings is 1. The molecule has 4 heterocycles. The minimum atomic E-state index is -0.127. The zero-order chi connectivity index (χ0) is 20.7. The van der Waals surface area contributed by atoms with E-state index in [1.165, 1.54) is 4.70 Å². The van der Waals surface area contributed by atoms with Gasteiger partial charge in [-0.15, -0.1) is 0 Å². The van der Waals surface area contributed by atoms with Crippen molar-refractivity contribution in [2.24, 2.45) is 0 Å². The van der Waals surface area contributed by atoms with Gasteiger partial charge in [0.15, 0.2) is 5.13 Å². The third kappa shape index (κ3) is 3.24. The van der Waals surface area contributed by atoms with Crippen LogP contribution in [0, 0.1) is 6.92 Å². The third-order valence-corrected chi connectivity index (χ3v) is 6.62. The average Bonchev–Trinajstić information content (AvgIpc) is 3.51. The molecule has 154 valence electrons. The van der Waals surface area contributed by atoms with Crippen LogP contribution in [-0.4, -0.2) is 56.9 Å². The van der Waals surface area contributed by atoms with Gasteiger partial charge in [0, 0.05) is 50.0 Å². The number of benzene rings is 1. The van der Waals surface area contributed by atoms with Crippen molar-refractivity contribution in [3.8, 4) is 11.3 Å². The van der Waals surface area contributed by atoms with E-state index in [1.807, 2.05) is 41.6 Å². The smallest absolute Gasteiger partial charge is 0.292 e. The summed E-state index contributed by atoms with van der Waals surface area (Å²) in [5.74, 6) is 0.139. The fourth-order valence-electron chi connectivity index (χ4n) is 3.77. The van der Waals surface area contributed by atoms with Gasteiger partial charge in [0.2, 0.25) is 5.76 Å². The van der Waals surface area contributed by atoms with Gasteiger partial charge in [-0.05, 0) is 26.0 Å². The molecule has 30 heavy (non-hydrogen) atoms. The van der Waals surface area contributed by atoms with Crippen LogP contribution < -0.4 is 4.90 Å². The zero-order valence-corrected chi connectivity index (χ0v) is 17.7. The summed E-state index contributed by atoms with van der Waals surface area (Å²) < 4.78 is 8.46. The molecule has 0 aliphatic carbocycles. The van der Waals surface area contributed by atoms with E-state index >= 15 is 0 Å². The summed E-state index contributed by atoms with van der Waals surface area (Å²) in [4.78, 5) is 21.7. The van der Waals surface area contributed by atoms with E-state index in [1.54, 1.807) is 23.6 Å². The summed E-state index contributed by atoms with van der Waals surface area (Å²) in [7, 11) is 0. The van der Waals surface area contributed by atoms with Crippen LogP contribution in [0.1, 0.15) is 23.2 Å². The Balaban J connectivity index is 1.27. The molecule has 1 aromatic carbocycles. The van der Waals surface area contributed by atoms with Gasteiger partial charge in [-0.3, -0.25) is 9.48 Å². The molecular formula is C21H22N6O2S. The zero-order valence-electron chi connectivity index (χ0n) is 16.9. The van der Waals surface area contributed by atoms with Crippen LogP contribution in [-0.2, 0) is 6.54 Å². The maximum absolute atomic E-state index is 12.9. The number of rotatable bonds is 4. The number of anilines is 1. The second-order valence-corrected chi connectivity index (χ2v) is 8.29. The molecule has 0 bridgehead atoms. The topological polar surface area (TPSA) is 80.3 Å². The van der Waals surface area contributed by atoms with Gasteiger partial charge in [0.1, 0.15) is 5.69 Å². The van der Waals surface area contributed by atoms with Gasteiger partial charge >= 0.3 is 0 Å². The maximum atomic E-state index is 12.9. The molecule has 1 aliphatic rings. The van der Waals surface area contributed by atoms with Crippen molar-refractivity contribution in [3.63, 3.8) is 0 Å². The van der Waals surface area contributed by atoms with Crippen molar-refractivity contribution in [3.05, 3.63) is 48.0 Å². The Morgan fingerprint density at radius 2 is 2.00 bits per heavy atom. The Morgan fingerprint density at radius 1 is 1.20 bits per heavy atom. The molecule has 8 nitrogen and oxygen atoms in total. The lowest BCUT2D eigenvalue weighted by atomic mass is 10.2. The summed E-state index contributed by atoms with van der Waals surface area (Å²) in [5, 5.41) is 9.45. The van der Waals surface area contributed by atoms with Crippen LogP contribution >= 0.6 is 11.3 Å². The first-order chi connectivity index (χ1) is 14.6. The van der Waals surface area contributed by atoms with E-state index in [9.17, 15) is 4.79 Å². The molecule has 1 saturated heterocycles. The fraction of sp³-hybridized carbons (Fsp3) is 0.333. The minimum absolute atomic E-state index is 0.127. The highest BCUT2D eigenvalue weighted by Gasteiger charge is 2.27. The number of aryl methyl sites for hydroxylation is 1. The number of piperazine rings is 1. The summed E-state index contributed by atoms with van der Waals surface area (Å²) >= 11 is 1.69. The van der Waals surface area contributed by atoms with Crippen molar-refractivity contribution in [1.29, 1.82) is 0 Å². The average molecular weight is 423 g/mol. The molecule has 0 unspecified atom stereocenters. The Labute approximate surface area is 177 Å². The molecule has 9 heteroatoms. The molecule has 0 saturated carbocycles. The van der Waals surface area contributed by atoms with E-state index in [-0.39, 0.29) is 11.7 Å². The molecule has 1 aliphatic heterocycles. The van der Waals surface area contributed by atoms with Crippen LogP contribution in [0.15, 0.2) is 41.1 Å². The minimum Gasteiger partial charge on any atom is -0.350 e. The second-order valence-electron chi connectivity index (χ2n) is 7.28. The van der Waals surface area contributed by atoms with Crippen molar-refractivity contribution in [2.75, 3.05) is 31.1 Å². The van der Waals surface area contributed by atoms with Crippen LogP contribution in [0.2, 0.25) is 0 Å². The first-order valence-corrected chi connectivity index (χ1v) is 10.8. The number of hydrogen-bond acceptors (Lipinski definition) is 7. The summed E-state index contributed by atoms with van der Waals surface area (Å²) in [5.41, 5.74) is 3.56. The number of hydrogen-bond donors (Lipinski definition) is 0. The molecule has 1 fully saturated rings. The van der Waals surface area contributed by atoms with Crippen LogP contribution in [0.4, 0.5) is 5.13 Å². The van der Waals surface area contributed by atoms with Gasteiger partial charge in [-0.2, -0.15) is 5.10 Å². The standard InChI is InChI=1S/C21H22N6O2S/c1-3-27-14(2)15(13-22-27)17-12-18(29-24-17)20(28)25-8-10-26(11-9-25)21-23-16-6-4-5-7-19(16)30-21/h4-7,12-13H,3,8-11H2,1-2H3. The van der Waals surface area contributed by atoms with Crippen molar-refractivity contribution in [1.82, 2.24) is 24.8 Å². The molecule has 0 radical (unpaired) electrons. The summed E-state index contributed by atoms with van der Waals surface area (Å²) in [6, 6.07) is 9.86. The lowest BCUT2D eigenvalue weighted by molar-refractivity contribution is 0.0705. The molecular weight excluding hydrogens is 400 g/mol. The lowest BCUT2D eigenvalue weighted by Crippen LogP contribution is -2.48. The fourth-order valence-corrected chi connectivity index (χ4v) is 4.79. The van der Waals surface area contributed by atoms with E-state index in [2.05, 4.69) is 21.2 Å². The van der Waals surface area contributed by atoms with Gasteiger partial charge in [0.05, 0.1) is 16.4 Å². The van der Waals surface area contributed by atoms with E-state index in [0.29, 0.717) is 18.8 Å². The largest absolute Gasteiger partial charge is 0.350 e. The summed E-state index contributed by atoms with van der Waals surface area (Å²) in [6.45, 7) is 7.55. The monoisotopic (exact) mass is 422 g/mol. The van der Waals surface area contributed by atoms with Gasteiger partial charge in [0.25, 0.3) is 5.91 Å². The molecule has 5 rings (SSSR count). The molecule has 4 aromatic rings. The first-order valence-electron chi connectivity index (χ1n) is 10.0. The number of fused-ring (bicyclic) bond motifs is 1. The van der Waals surface area contributed by atoms with Crippen molar-refractivity contribution in [2.45, 2.75) is 20.4 Å². The lowest BCUT2D eigenvalue weighted by Gasteiger charge is -2.33. The number of para-hydroxylation sites is 1. The molecule has 1 amide bonds. The third-order valence-electron chi connectivity index (χ3n) is 5.52. The summed E-state index contributed by atoms with van der Waals surface area (Å²) in [6.07, 6.45) is 1.77. The molecule has 0 N–H and O–H groups in total.